The molecule has 2 aromatic rings. The summed E-state index contributed by atoms with van der Waals surface area (Å²) in [5.74, 6) is -0.530. The summed E-state index contributed by atoms with van der Waals surface area (Å²) in [4.78, 5) is 27.3. The summed E-state index contributed by atoms with van der Waals surface area (Å²) in [5.41, 5.74) is 1.48. The van der Waals surface area contributed by atoms with Gasteiger partial charge in [0.05, 0.1) is 0 Å². The molecule has 1 aliphatic heterocycles. The van der Waals surface area contributed by atoms with Gasteiger partial charge < -0.3 is 10.2 Å². The van der Waals surface area contributed by atoms with Gasteiger partial charge >= 0.3 is 0 Å². The van der Waals surface area contributed by atoms with Gasteiger partial charge in [-0.05, 0) is 56.2 Å². The number of fused-ring (bicyclic) bond motifs is 1. The van der Waals surface area contributed by atoms with E-state index in [0.717, 1.165) is 17.7 Å². The number of carbonyl (C=O) groups is 2. The lowest BCUT2D eigenvalue weighted by Crippen LogP contribution is -2.47. The molecule has 0 aliphatic carbocycles. The van der Waals surface area contributed by atoms with Gasteiger partial charge in [-0.3, -0.25) is 9.59 Å². The third-order valence-corrected chi connectivity index (χ3v) is 4.59. The number of nitrogens with zero attached hydrogens (tertiary/aromatic N) is 1. The lowest BCUT2D eigenvalue weighted by molar-refractivity contribution is -0.136. The maximum Gasteiger partial charge on any atom is 0.242 e. The van der Waals surface area contributed by atoms with Crippen LogP contribution in [-0.2, 0) is 16.0 Å². The first-order valence-electron chi connectivity index (χ1n) is 7.86. The molecule has 2 aromatic carbocycles. The summed E-state index contributed by atoms with van der Waals surface area (Å²) in [6, 6.07) is 14.6. The van der Waals surface area contributed by atoms with Crippen LogP contribution in [0.3, 0.4) is 0 Å². The quantitative estimate of drug-likeness (QED) is 0.860. The van der Waals surface area contributed by atoms with Crippen molar-refractivity contribution in [3.05, 3.63) is 59.1 Å². The Morgan fingerprint density at radius 2 is 1.75 bits per heavy atom. The van der Waals surface area contributed by atoms with Crippen LogP contribution in [0.2, 0.25) is 5.02 Å². The molecule has 1 aliphatic rings. The lowest BCUT2D eigenvalue weighted by atomic mass is 9.90. The van der Waals surface area contributed by atoms with Crippen molar-refractivity contribution in [2.75, 3.05) is 16.8 Å². The van der Waals surface area contributed by atoms with Gasteiger partial charge in [-0.2, -0.15) is 0 Å². The third kappa shape index (κ3) is 3.02. The summed E-state index contributed by atoms with van der Waals surface area (Å²) >= 11 is 5.85. The number of benzene rings is 2. The second-order valence-electron chi connectivity index (χ2n) is 6.42. The fourth-order valence-corrected chi connectivity index (χ4v) is 2.93. The van der Waals surface area contributed by atoms with Crippen LogP contribution < -0.4 is 10.2 Å². The topological polar surface area (TPSA) is 49.4 Å². The summed E-state index contributed by atoms with van der Waals surface area (Å²) < 4.78 is 0. The molecule has 2 amide bonds. The number of nitrogens with one attached hydrogen (secondary N) is 1. The van der Waals surface area contributed by atoms with Crippen LogP contribution in [-0.4, -0.2) is 18.4 Å². The number of anilines is 2. The first-order valence-corrected chi connectivity index (χ1v) is 8.24. The van der Waals surface area contributed by atoms with E-state index in [-0.39, 0.29) is 11.8 Å². The Labute approximate surface area is 146 Å². The van der Waals surface area contributed by atoms with Gasteiger partial charge in [0.1, 0.15) is 5.41 Å². The average Bonchev–Trinajstić information content (AvgIpc) is 3.00. The molecule has 24 heavy (non-hydrogen) atoms. The zero-order chi connectivity index (χ0) is 17.3. The molecule has 0 radical (unpaired) electrons. The number of halogens is 1. The first kappa shape index (κ1) is 16.5. The van der Waals surface area contributed by atoms with Crippen LogP contribution in [0.4, 0.5) is 11.4 Å². The molecular weight excluding hydrogens is 324 g/mol. The minimum absolute atomic E-state index is 0.195. The van der Waals surface area contributed by atoms with Crippen molar-refractivity contribution in [1.29, 1.82) is 0 Å². The highest BCUT2D eigenvalue weighted by Gasteiger charge is 2.41. The molecule has 4 nitrogen and oxygen atoms in total. The van der Waals surface area contributed by atoms with E-state index in [1.54, 1.807) is 43.0 Å². The minimum atomic E-state index is -1.17. The molecule has 0 fully saturated rings. The van der Waals surface area contributed by atoms with Crippen molar-refractivity contribution in [2.24, 2.45) is 5.41 Å². The minimum Gasteiger partial charge on any atom is -0.325 e. The fourth-order valence-electron chi connectivity index (χ4n) is 2.80. The molecule has 1 heterocycles. The van der Waals surface area contributed by atoms with E-state index >= 15 is 0 Å². The Balaban J connectivity index is 1.78. The van der Waals surface area contributed by atoms with Crippen LogP contribution in [0.15, 0.2) is 48.5 Å². The van der Waals surface area contributed by atoms with Gasteiger partial charge in [0.25, 0.3) is 0 Å². The largest absolute Gasteiger partial charge is 0.325 e. The second-order valence-corrected chi connectivity index (χ2v) is 6.86. The lowest BCUT2D eigenvalue weighted by Gasteiger charge is -2.28. The zero-order valence-corrected chi connectivity index (χ0v) is 14.4. The van der Waals surface area contributed by atoms with Gasteiger partial charge in [-0.15, -0.1) is 0 Å². The number of amides is 2. The molecular formula is C19H19ClN2O2. The van der Waals surface area contributed by atoms with Gasteiger partial charge in [-0.1, -0.05) is 29.8 Å². The fraction of sp³-hybridized carbons (Fsp3) is 0.263. The summed E-state index contributed by atoms with van der Waals surface area (Å²) in [6.45, 7) is 3.92. The van der Waals surface area contributed by atoms with Gasteiger partial charge in [0, 0.05) is 22.9 Å². The van der Waals surface area contributed by atoms with Crippen molar-refractivity contribution < 1.29 is 9.59 Å². The van der Waals surface area contributed by atoms with E-state index in [9.17, 15) is 9.59 Å². The second kappa shape index (κ2) is 6.29. The van der Waals surface area contributed by atoms with Gasteiger partial charge in [0.15, 0.2) is 0 Å². The van der Waals surface area contributed by atoms with Crippen LogP contribution in [0, 0.1) is 5.41 Å². The van der Waals surface area contributed by atoms with Gasteiger partial charge in [-0.25, -0.2) is 0 Å². The van der Waals surface area contributed by atoms with Gasteiger partial charge in [0.2, 0.25) is 11.8 Å². The zero-order valence-electron chi connectivity index (χ0n) is 13.7. The van der Waals surface area contributed by atoms with E-state index < -0.39 is 5.41 Å². The number of hydrogen-bond acceptors (Lipinski definition) is 2. The summed E-state index contributed by atoms with van der Waals surface area (Å²) in [6.07, 6.45) is 0.816. The number of hydrogen-bond donors (Lipinski definition) is 1. The number of rotatable bonds is 3. The highest BCUT2D eigenvalue weighted by Crippen LogP contribution is 2.32. The Hall–Kier alpha value is -2.33. The maximum atomic E-state index is 13.0. The standard InChI is InChI=1S/C19H19ClN2O2/c1-19(2,17(23)21-15-9-7-14(20)8-10-15)18(24)22-12-11-13-5-3-4-6-16(13)22/h3-10H,11-12H2,1-2H3,(H,21,23). The summed E-state index contributed by atoms with van der Waals surface area (Å²) in [5, 5.41) is 3.39. The molecule has 0 saturated carbocycles. The molecule has 1 N–H and O–H groups in total. The molecule has 3 rings (SSSR count). The first-order chi connectivity index (χ1) is 11.4. The Morgan fingerprint density at radius 1 is 1.08 bits per heavy atom. The Bertz CT molecular complexity index is 784. The van der Waals surface area contributed by atoms with Crippen molar-refractivity contribution in [2.45, 2.75) is 20.3 Å². The van der Waals surface area contributed by atoms with E-state index in [1.165, 1.54) is 0 Å². The number of para-hydroxylation sites is 1. The van der Waals surface area contributed by atoms with E-state index in [2.05, 4.69) is 5.32 Å². The number of carbonyl (C=O) groups excluding carboxylic acids is 2. The highest BCUT2D eigenvalue weighted by molar-refractivity contribution is 6.30. The third-order valence-electron chi connectivity index (χ3n) is 4.34. The van der Waals surface area contributed by atoms with Crippen LogP contribution in [0.5, 0.6) is 0 Å². The highest BCUT2D eigenvalue weighted by atomic mass is 35.5. The molecule has 124 valence electrons. The van der Waals surface area contributed by atoms with Crippen molar-refractivity contribution in [1.82, 2.24) is 0 Å². The van der Waals surface area contributed by atoms with Crippen LogP contribution >= 0.6 is 11.6 Å². The van der Waals surface area contributed by atoms with Crippen molar-refractivity contribution in [3.8, 4) is 0 Å². The van der Waals surface area contributed by atoms with E-state index in [0.29, 0.717) is 17.3 Å². The Morgan fingerprint density at radius 3 is 2.46 bits per heavy atom. The molecule has 0 spiro atoms. The van der Waals surface area contributed by atoms with E-state index in [4.69, 9.17) is 11.6 Å². The SMILES string of the molecule is CC(C)(C(=O)Nc1ccc(Cl)cc1)C(=O)N1CCc2ccccc21. The molecule has 0 atom stereocenters. The van der Waals surface area contributed by atoms with Crippen LogP contribution in [0.1, 0.15) is 19.4 Å². The average molecular weight is 343 g/mol. The molecule has 0 bridgehead atoms. The van der Waals surface area contributed by atoms with Crippen molar-refractivity contribution >= 4 is 34.8 Å². The van der Waals surface area contributed by atoms with Crippen LogP contribution in [0.25, 0.3) is 0 Å². The molecule has 0 saturated heterocycles. The molecule has 0 aromatic heterocycles. The maximum absolute atomic E-state index is 13.0. The monoisotopic (exact) mass is 342 g/mol. The predicted octanol–water partition coefficient (Wildman–Crippen LogP) is 3.89. The summed E-state index contributed by atoms with van der Waals surface area (Å²) in [7, 11) is 0. The Kier molecular flexibility index (Phi) is 4.33. The molecule has 0 unspecified atom stereocenters. The smallest absolute Gasteiger partial charge is 0.242 e. The normalized spacial score (nSPS) is 13.5. The van der Waals surface area contributed by atoms with E-state index in [1.807, 2.05) is 24.3 Å². The van der Waals surface area contributed by atoms with Crippen molar-refractivity contribution in [3.63, 3.8) is 0 Å². The molecule has 5 heteroatoms. The predicted molar refractivity (Wildman–Crippen MR) is 96.4 cm³/mol.